The van der Waals surface area contributed by atoms with Crippen LogP contribution in [0.4, 0.5) is 5.69 Å². The number of hydrogen-bond acceptors (Lipinski definition) is 6. The lowest BCUT2D eigenvalue weighted by molar-refractivity contribution is -0.386. The fraction of sp³-hybridized carbons (Fsp3) is 0.600. The number of nitro groups is 1. The zero-order valence-corrected chi connectivity index (χ0v) is 11.1. The van der Waals surface area contributed by atoms with E-state index in [4.69, 9.17) is 0 Å². The number of tetrazole rings is 1. The van der Waals surface area contributed by atoms with Gasteiger partial charge in [-0.05, 0) is 30.7 Å². The van der Waals surface area contributed by atoms with Crippen molar-refractivity contribution in [2.75, 3.05) is 0 Å². The molecule has 9 heteroatoms. The summed E-state index contributed by atoms with van der Waals surface area (Å²) in [7, 11) is 0. The second-order valence-electron chi connectivity index (χ2n) is 4.25. The van der Waals surface area contributed by atoms with Crippen molar-refractivity contribution < 1.29 is 4.92 Å². The predicted molar refractivity (Wildman–Crippen MR) is 65.6 cm³/mol. The van der Waals surface area contributed by atoms with Crippen LogP contribution in [0, 0.1) is 24.0 Å². The van der Waals surface area contributed by atoms with Gasteiger partial charge in [0, 0.05) is 6.54 Å². The molecular formula is C10H15N7O2. The Labute approximate surface area is 109 Å². The number of aromatic nitrogens is 6. The van der Waals surface area contributed by atoms with Gasteiger partial charge in [-0.25, -0.2) is 4.68 Å². The molecule has 0 aliphatic carbocycles. The van der Waals surface area contributed by atoms with Crippen molar-refractivity contribution in [3.63, 3.8) is 0 Å². The molecular weight excluding hydrogens is 250 g/mol. The molecule has 0 spiro atoms. The Kier molecular flexibility index (Phi) is 3.54. The van der Waals surface area contributed by atoms with E-state index in [2.05, 4.69) is 20.6 Å². The standard InChI is InChI=1S/C10H15N7O2/c1-4-5-15-9(11-13-14-15)6-16-8(3)10(17(18)19)7(2)12-16/h4-6H2,1-3H3. The molecule has 0 aliphatic rings. The third-order valence-corrected chi connectivity index (χ3v) is 2.86. The van der Waals surface area contributed by atoms with E-state index >= 15 is 0 Å². The largest absolute Gasteiger partial charge is 0.312 e. The molecule has 2 aromatic rings. The maximum Gasteiger partial charge on any atom is 0.312 e. The molecule has 0 saturated heterocycles. The summed E-state index contributed by atoms with van der Waals surface area (Å²) in [6, 6.07) is 0. The Morgan fingerprint density at radius 1 is 1.32 bits per heavy atom. The summed E-state index contributed by atoms with van der Waals surface area (Å²) in [4.78, 5) is 10.5. The van der Waals surface area contributed by atoms with Gasteiger partial charge in [0.25, 0.3) is 0 Å². The fourth-order valence-electron chi connectivity index (χ4n) is 1.96. The number of aryl methyl sites for hydroxylation is 2. The second kappa shape index (κ2) is 5.12. The lowest BCUT2D eigenvalue weighted by Crippen LogP contribution is -2.12. The first kappa shape index (κ1) is 13.1. The van der Waals surface area contributed by atoms with Crippen molar-refractivity contribution in [1.29, 1.82) is 0 Å². The van der Waals surface area contributed by atoms with Crippen LogP contribution in [0.2, 0.25) is 0 Å². The van der Waals surface area contributed by atoms with Crippen molar-refractivity contribution in [3.05, 3.63) is 27.3 Å². The molecule has 0 amide bonds. The Morgan fingerprint density at radius 2 is 2.05 bits per heavy atom. The topological polar surface area (TPSA) is 105 Å². The minimum Gasteiger partial charge on any atom is -0.258 e. The second-order valence-corrected chi connectivity index (χ2v) is 4.25. The summed E-state index contributed by atoms with van der Waals surface area (Å²) in [5.41, 5.74) is 0.958. The molecule has 2 heterocycles. The van der Waals surface area contributed by atoms with Crippen LogP contribution >= 0.6 is 0 Å². The maximum absolute atomic E-state index is 10.9. The molecule has 0 radical (unpaired) electrons. The van der Waals surface area contributed by atoms with E-state index in [0.29, 0.717) is 30.3 Å². The quantitative estimate of drug-likeness (QED) is 0.586. The summed E-state index contributed by atoms with van der Waals surface area (Å²) in [6.07, 6.45) is 0.912. The SMILES string of the molecule is CCCn1nnnc1Cn1nc(C)c([N+](=O)[O-])c1C. The van der Waals surface area contributed by atoms with Crippen LogP contribution < -0.4 is 0 Å². The van der Waals surface area contributed by atoms with E-state index in [-0.39, 0.29) is 5.69 Å². The highest BCUT2D eigenvalue weighted by Gasteiger charge is 2.22. The average molecular weight is 265 g/mol. The Morgan fingerprint density at radius 3 is 2.63 bits per heavy atom. The molecule has 2 rings (SSSR count). The first-order valence-electron chi connectivity index (χ1n) is 5.98. The van der Waals surface area contributed by atoms with Crippen molar-refractivity contribution in [2.45, 2.75) is 40.3 Å². The van der Waals surface area contributed by atoms with Gasteiger partial charge in [-0.2, -0.15) is 5.10 Å². The fourth-order valence-corrected chi connectivity index (χ4v) is 1.96. The van der Waals surface area contributed by atoms with Crippen LogP contribution in [0.1, 0.15) is 30.6 Å². The molecule has 0 saturated carbocycles. The molecule has 0 bridgehead atoms. The Balaban J connectivity index is 2.31. The van der Waals surface area contributed by atoms with E-state index < -0.39 is 4.92 Å². The van der Waals surface area contributed by atoms with Gasteiger partial charge >= 0.3 is 5.69 Å². The smallest absolute Gasteiger partial charge is 0.258 e. The van der Waals surface area contributed by atoms with Crippen LogP contribution in [-0.2, 0) is 13.1 Å². The van der Waals surface area contributed by atoms with Gasteiger partial charge in [0.05, 0.1) is 4.92 Å². The highest BCUT2D eigenvalue weighted by atomic mass is 16.6. The van der Waals surface area contributed by atoms with E-state index in [1.807, 2.05) is 6.92 Å². The molecule has 0 aromatic carbocycles. The third kappa shape index (κ3) is 2.44. The van der Waals surface area contributed by atoms with Gasteiger partial charge in [-0.1, -0.05) is 6.92 Å². The van der Waals surface area contributed by atoms with E-state index in [1.54, 1.807) is 23.2 Å². The minimum absolute atomic E-state index is 0.0505. The van der Waals surface area contributed by atoms with Crippen molar-refractivity contribution in [3.8, 4) is 0 Å². The number of nitrogens with zero attached hydrogens (tertiary/aromatic N) is 7. The average Bonchev–Trinajstić information content (AvgIpc) is 2.86. The predicted octanol–water partition coefficient (Wildman–Crippen LogP) is 0.853. The van der Waals surface area contributed by atoms with Gasteiger partial charge in [-0.15, -0.1) is 5.10 Å². The van der Waals surface area contributed by atoms with Crippen LogP contribution in [-0.4, -0.2) is 34.9 Å². The van der Waals surface area contributed by atoms with Crippen LogP contribution in [0.5, 0.6) is 0 Å². The zero-order chi connectivity index (χ0) is 14.0. The van der Waals surface area contributed by atoms with Gasteiger partial charge in [0.2, 0.25) is 0 Å². The molecule has 102 valence electrons. The molecule has 2 aromatic heterocycles. The summed E-state index contributed by atoms with van der Waals surface area (Å²) in [6.45, 7) is 6.36. The first-order valence-corrected chi connectivity index (χ1v) is 5.98. The monoisotopic (exact) mass is 265 g/mol. The van der Waals surface area contributed by atoms with Gasteiger partial charge in [0.1, 0.15) is 17.9 Å². The molecule has 9 nitrogen and oxygen atoms in total. The normalized spacial score (nSPS) is 10.9. The lowest BCUT2D eigenvalue weighted by Gasteiger charge is -2.04. The number of hydrogen-bond donors (Lipinski definition) is 0. The molecule has 0 unspecified atom stereocenters. The lowest BCUT2D eigenvalue weighted by atomic mass is 10.3. The molecule has 19 heavy (non-hydrogen) atoms. The highest BCUT2D eigenvalue weighted by Crippen LogP contribution is 2.22. The third-order valence-electron chi connectivity index (χ3n) is 2.86. The molecule has 0 aliphatic heterocycles. The number of rotatable bonds is 5. The summed E-state index contributed by atoms with van der Waals surface area (Å²) in [5.74, 6) is 0.641. The van der Waals surface area contributed by atoms with Crippen molar-refractivity contribution in [1.82, 2.24) is 30.0 Å². The minimum atomic E-state index is -0.414. The van der Waals surface area contributed by atoms with Crippen LogP contribution in [0.3, 0.4) is 0 Å². The van der Waals surface area contributed by atoms with Crippen LogP contribution in [0.25, 0.3) is 0 Å². The van der Waals surface area contributed by atoms with E-state index in [9.17, 15) is 10.1 Å². The van der Waals surface area contributed by atoms with Gasteiger partial charge < -0.3 is 0 Å². The zero-order valence-electron chi connectivity index (χ0n) is 11.1. The van der Waals surface area contributed by atoms with Crippen molar-refractivity contribution >= 4 is 5.69 Å². The molecule has 0 fully saturated rings. The van der Waals surface area contributed by atoms with Gasteiger partial charge in [-0.3, -0.25) is 14.8 Å². The molecule has 0 N–H and O–H groups in total. The Bertz CT molecular complexity index is 601. The summed E-state index contributed by atoms with van der Waals surface area (Å²) >= 11 is 0. The van der Waals surface area contributed by atoms with E-state index in [1.165, 1.54) is 0 Å². The summed E-state index contributed by atoms with van der Waals surface area (Å²) < 4.78 is 3.24. The van der Waals surface area contributed by atoms with E-state index in [0.717, 1.165) is 6.42 Å². The Hall–Kier alpha value is -2.32. The molecule has 0 atom stereocenters. The maximum atomic E-state index is 10.9. The first-order chi connectivity index (χ1) is 9.04. The van der Waals surface area contributed by atoms with Gasteiger partial charge in [0.15, 0.2) is 5.82 Å². The summed E-state index contributed by atoms with van der Waals surface area (Å²) in [5, 5.41) is 26.5. The van der Waals surface area contributed by atoms with Crippen molar-refractivity contribution in [2.24, 2.45) is 0 Å². The highest BCUT2D eigenvalue weighted by molar-refractivity contribution is 5.39. The van der Waals surface area contributed by atoms with Crippen LogP contribution in [0.15, 0.2) is 0 Å².